The summed E-state index contributed by atoms with van der Waals surface area (Å²) in [5, 5.41) is 9.87. The summed E-state index contributed by atoms with van der Waals surface area (Å²) in [4.78, 5) is 12.2. The molecule has 3 atom stereocenters. The predicted molar refractivity (Wildman–Crippen MR) is 86.1 cm³/mol. The van der Waals surface area contributed by atoms with Gasteiger partial charge in [0.1, 0.15) is 0 Å². The van der Waals surface area contributed by atoms with E-state index in [0.717, 1.165) is 17.5 Å². The fraction of sp³-hybridized carbons (Fsp3) is 0.316. The van der Waals surface area contributed by atoms with E-state index in [1.807, 2.05) is 60.7 Å². The van der Waals surface area contributed by atoms with Crippen molar-refractivity contribution < 1.29 is 9.90 Å². The van der Waals surface area contributed by atoms with Gasteiger partial charge in [-0.25, -0.2) is 0 Å². The fourth-order valence-electron chi connectivity index (χ4n) is 3.61. The number of amides is 1. The molecule has 0 saturated heterocycles. The number of carbonyl (C=O) groups excluding carboxylic acids is 1. The van der Waals surface area contributed by atoms with Crippen LogP contribution in [0.15, 0.2) is 60.7 Å². The SMILES string of the molecule is NC(=O)C1([C@@H](CO)Cc2ccccc2)CC1c1ccccc1. The zero-order valence-electron chi connectivity index (χ0n) is 12.5. The summed E-state index contributed by atoms with van der Waals surface area (Å²) in [7, 11) is 0. The number of hydrogen-bond donors (Lipinski definition) is 2. The molecule has 1 fully saturated rings. The molecule has 22 heavy (non-hydrogen) atoms. The molecule has 0 aliphatic heterocycles. The van der Waals surface area contributed by atoms with Gasteiger partial charge in [0.25, 0.3) is 0 Å². The molecular formula is C19H21NO2. The summed E-state index contributed by atoms with van der Waals surface area (Å²) in [5.74, 6) is -0.319. The Morgan fingerprint density at radius 3 is 2.27 bits per heavy atom. The number of primary amides is 1. The van der Waals surface area contributed by atoms with Crippen LogP contribution in [-0.2, 0) is 11.2 Å². The zero-order chi connectivity index (χ0) is 15.6. The molecular weight excluding hydrogens is 274 g/mol. The second kappa shape index (κ2) is 5.93. The van der Waals surface area contributed by atoms with Crippen LogP contribution in [0.4, 0.5) is 0 Å². The van der Waals surface area contributed by atoms with Gasteiger partial charge in [-0.15, -0.1) is 0 Å². The van der Waals surface area contributed by atoms with Crippen LogP contribution in [0.2, 0.25) is 0 Å². The molecule has 1 aliphatic rings. The minimum absolute atomic E-state index is 0.0266. The highest BCUT2D eigenvalue weighted by atomic mass is 16.3. The van der Waals surface area contributed by atoms with Crippen molar-refractivity contribution in [1.82, 2.24) is 0 Å². The molecule has 3 rings (SSSR count). The van der Waals surface area contributed by atoms with Gasteiger partial charge in [-0.05, 0) is 29.9 Å². The molecule has 114 valence electrons. The quantitative estimate of drug-likeness (QED) is 0.860. The minimum atomic E-state index is -0.619. The Kier molecular flexibility index (Phi) is 3.99. The number of benzene rings is 2. The molecule has 3 N–H and O–H groups in total. The van der Waals surface area contributed by atoms with Crippen molar-refractivity contribution in [2.45, 2.75) is 18.8 Å². The van der Waals surface area contributed by atoms with Crippen LogP contribution >= 0.6 is 0 Å². The Morgan fingerprint density at radius 1 is 1.14 bits per heavy atom. The van der Waals surface area contributed by atoms with E-state index in [2.05, 4.69) is 0 Å². The number of hydrogen-bond acceptors (Lipinski definition) is 2. The third kappa shape index (κ3) is 2.53. The van der Waals surface area contributed by atoms with Gasteiger partial charge in [-0.2, -0.15) is 0 Å². The second-order valence-electron chi connectivity index (χ2n) is 6.14. The van der Waals surface area contributed by atoms with Gasteiger partial charge in [0.2, 0.25) is 5.91 Å². The number of aliphatic hydroxyl groups is 1. The van der Waals surface area contributed by atoms with Crippen molar-refractivity contribution in [2.24, 2.45) is 17.1 Å². The molecule has 1 aliphatic carbocycles. The molecule has 0 bridgehead atoms. The third-order valence-electron chi connectivity index (χ3n) is 4.94. The highest BCUT2D eigenvalue weighted by Gasteiger charge is 2.63. The third-order valence-corrected chi connectivity index (χ3v) is 4.94. The van der Waals surface area contributed by atoms with Gasteiger partial charge in [-0.1, -0.05) is 60.7 Å². The van der Waals surface area contributed by atoms with Gasteiger partial charge in [0.15, 0.2) is 0 Å². The average molecular weight is 295 g/mol. The van der Waals surface area contributed by atoms with Crippen LogP contribution in [0.1, 0.15) is 23.5 Å². The first-order valence-electron chi connectivity index (χ1n) is 7.68. The Hall–Kier alpha value is -2.13. The van der Waals surface area contributed by atoms with E-state index in [1.54, 1.807) is 0 Å². The molecule has 0 radical (unpaired) electrons. The highest BCUT2D eigenvalue weighted by Crippen LogP contribution is 2.64. The maximum atomic E-state index is 12.2. The first kappa shape index (κ1) is 14.8. The van der Waals surface area contributed by atoms with Gasteiger partial charge >= 0.3 is 0 Å². The fourth-order valence-corrected chi connectivity index (χ4v) is 3.61. The average Bonchev–Trinajstić information content (AvgIpc) is 3.31. The summed E-state index contributed by atoms with van der Waals surface area (Å²) in [5.41, 5.74) is 7.38. The summed E-state index contributed by atoms with van der Waals surface area (Å²) < 4.78 is 0. The number of aliphatic hydroxyl groups excluding tert-OH is 1. The van der Waals surface area contributed by atoms with Gasteiger partial charge in [0.05, 0.1) is 5.41 Å². The maximum Gasteiger partial charge on any atom is 0.224 e. The van der Waals surface area contributed by atoms with Crippen molar-refractivity contribution >= 4 is 5.91 Å². The first-order chi connectivity index (χ1) is 10.7. The lowest BCUT2D eigenvalue weighted by Crippen LogP contribution is -2.36. The van der Waals surface area contributed by atoms with E-state index in [0.29, 0.717) is 6.42 Å². The molecule has 1 amide bonds. The lowest BCUT2D eigenvalue weighted by atomic mass is 9.81. The summed E-state index contributed by atoms with van der Waals surface area (Å²) in [6.07, 6.45) is 1.40. The molecule has 0 aromatic heterocycles. The molecule has 2 aromatic carbocycles. The van der Waals surface area contributed by atoms with Crippen molar-refractivity contribution in [1.29, 1.82) is 0 Å². The van der Waals surface area contributed by atoms with Crippen molar-refractivity contribution in [2.75, 3.05) is 6.61 Å². The van der Waals surface area contributed by atoms with Crippen molar-refractivity contribution in [3.8, 4) is 0 Å². The molecule has 2 aromatic rings. The Labute approximate surface area is 130 Å². The topological polar surface area (TPSA) is 63.3 Å². The van der Waals surface area contributed by atoms with E-state index in [4.69, 9.17) is 5.73 Å². The van der Waals surface area contributed by atoms with Crippen molar-refractivity contribution in [3.05, 3.63) is 71.8 Å². The minimum Gasteiger partial charge on any atom is -0.396 e. The van der Waals surface area contributed by atoms with Gasteiger partial charge in [0, 0.05) is 12.5 Å². The molecule has 0 heterocycles. The first-order valence-corrected chi connectivity index (χ1v) is 7.68. The Bertz CT molecular complexity index is 641. The lowest BCUT2D eigenvalue weighted by Gasteiger charge is -2.24. The maximum absolute atomic E-state index is 12.2. The normalized spacial score (nSPS) is 24.7. The van der Waals surface area contributed by atoms with E-state index in [9.17, 15) is 9.90 Å². The predicted octanol–water partition coefficient (Wildman–Crippen LogP) is 2.50. The smallest absolute Gasteiger partial charge is 0.224 e. The standard InChI is InChI=1S/C19H21NO2/c20-18(22)19(12-17(19)15-9-5-2-6-10-15)16(13-21)11-14-7-3-1-4-8-14/h1-10,16-17,21H,11-13H2,(H2,20,22)/t16-,17?,19?/m1/s1. The van der Waals surface area contributed by atoms with Crippen LogP contribution in [0, 0.1) is 11.3 Å². The summed E-state index contributed by atoms with van der Waals surface area (Å²) >= 11 is 0. The largest absolute Gasteiger partial charge is 0.396 e. The molecule has 0 spiro atoms. The molecule has 2 unspecified atom stereocenters. The molecule has 3 heteroatoms. The van der Waals surface area contributed by atoms with Crippen LogP contribution in [-0.4, -0.2) is 17.6 Å². The van der Waals surface area contributed by atoms with Gasteiger partial charge in [-0.3, -0.25) is 4.79 Å². The number of rotatable bonds is 6. The highest BCUT2D eigenvalue weighted by molar-refractivity contribution is 5.86. The lowest BCUT2D eigenvalue weighted by molar-refractivity contribution is -0.126. The Morgan fingerprint density at radius 2 is 1.73 bits per heavy atom. The van der Waals surface area contributed by atoms with Crippen LogP contribution in [0.5, 0.6) is 0 Å². The summed E-state index contributed by atoms with van der Waals surface area (Å²) in [6.45, 7) is -0.0266. The van der Waals surface area contributed by atoms with E-state index in [-0.39, 0.29) is 24.3 Å². The van der Waals surface area contributed by atoms with Gasteiger partial charge < -0.3 is 10.8 Å². The zero-order valence-corrected chi connectivity index (χ0v) is 12.5. The number of nitrogens with two attached hydrogens (primary N) is 1. The van der Waals surface area contributed by atoms with E-state index in [1.165, 1.54) is 0 Å². The molecule has 3 nitrogen and oxygen atoms in total. The number of carbonyl (C=O) groups is 1. The monoisotopic (exact) mass is 295 g/mol. The van der Waals surface area contributed by atoms with Crippen LogP contribution in [0.3, 0.4) is 0 Å². The summed E-state index contributed by atoms with van der Waals surface area (Å²) in [6, 6.07) is 19.9. The van der Waals surface area contributed by atoms with E-state index >= 15 is 0 Å². The van der Waals surface area contributed by atoms with Crippen molar-refractivity contribution in [3.63, 3.8) is 0 Å². The van der Waals surface area contributed by atoms with E-state index < -0.39 is 5.41 Å². The van der Waals surface area contributed by atoms with Crippen LogP contribution in [0.25, 0.3) is 0 Å². The Balaban J connectivity index is 1.86. The van der Waals surface area contributed by atoms with Crippen LogP contribution < -0.4 is 5.73 Å². The molecule has 1 saturated carbocycles. The second-order valence-corrected chi connectivity index (χ2v) is 6.14.